The monoisotopic (exact) mass is 698 g/mol. The van der Waals surface area contributed by atoms with Crippen LogP contribution < -0.4 is 26.6 Å². The molecule has 264 valence electrons. The standard InChI is InChI=1S/C27H38N8O12S/c1-26(2,3)45-24(41)32-15(23(39)40)8-10-18(36)31-16(12-48-25(42)46-27(4,5)6)22(38)28-11-19(37)30-13-29-14-7-9-17(35(43)44)21-20(14)33-47-34-21/h7,9,15-16,29H,8,10-13H2,1-6H3,(H,28,38)(H,30,37)(H,31,36)(H,32,41)(H,39,40). The number of carbonyl (C=O) groups is 6. The van der Waals surface area contributed by atoms with E-state index in [1.165, 1.54) is 12.1 Å². The van der Waals surface area contributed by atoms with Gasteiger partial charge in [-0.05, 0) is 76.1 Å². The highest BCUT2D eigenvalue weighted by Crippen LogP contribution is 2.28. The lowest BCUT2D eigenvalue weighted by Gasteiger charge is -2.22. The topological polar surface area (TPSA) is 283 Å². The molecule has 0 aliphatic heterocycles. The van der Waals surface area contributed by atoms with Crippen molar-refractivity contribution in [3.05, 3.63) is 22.2 Å². The SMILES string of the molecule is CC(C)(C)OC(=O)NC(CCC(=O)NC(CSC(=O)OC(C)(C)C)C(=O)NCC(=O)NCNc1ccc([N+](=O)[O-])c2nonc12)C(=O)O. The molecule has 20 nitrogen and oxygen atoms in total. The second-order valence-electron chi connectivity index (χ2n) is 12.0. The van der Waals surface area contributed by atoms with E-state index in [0.29, 0.717) is 11.8 Å². The number of alkyl carbamates (subject to hydrolysis) is 1. The third kappa shape index (κ3) is 13.6. The summed E-state index contributed by atoms with van der Waals surface area (Å²) in [6, 6.07) is -0.300. The predicted octanol–water partition coefficient (Wildman–Crippen LogP) is 1.64. The van der Waals surface area contributed by atoms with Gasteiger partial charge in [0.25, 0.3) is 0 Å². The summed E-state index contributed by atoms with van der Waals surface area (Å²) in [6.45, 7) is 8.95. The normalized spacial score (nSPS) is 12.6. The van der Waals surface area contributed by atoms with Crippen molar-refractivity contribution in [2.75, 3.05) is 24.3 Å². The number of ether oxygens (including phenoxy) is 2. The van der Waals surface area contributed by atoms with Crippen molar-refractivity contribution in [1.29, 1.82) is 0 Å². The quantitative estimate of drug-likeness (QED) is 0.0667. The van der Waals surface area contributed by atoms with Crippen LogP contribution in [0.1, 0.15) is 54.4 Å². The maximum atomic E-state index is 13.0. The molecule has 6 N–H and O–H groups in total. The Morgan fingerprint density at radius 3 is 2.19 bits per heavy atom. The van der Waals surface area contributed by atoms with Crippen LogP contribution in [-0.4, -0.2) is 97.7 Å². The van der Waals surface area contributed by atoms with Crippen molar-refractivity contribution in [2.45, 2.75) is 77.7 Å². The Kier molecular flexibility index (Phi) is 13.9. The molecule has 0 aliphatic carbocycles. The number of non-ortho nitro benzene ring substituents is 1. The zero-order chi connectivity index (χ0) is 36.2. The van der Waals surface area contributed by atoms with Crippen LogP contribution in [0.5, 0.6) is 0 Å². The fraction of sp³-hybridized carbons (Fsp3) is 0.556. The van der Waals surface area contributed by atoms with Gasteiger partial charge in [0.1, 0.15) is 23.3 Å². The van der Waals surface area contributed by atoms with Crippen molar-refractivity contribution in [1.82, 2.24) is 31.6 Å². The number of carboxylic acid groups (broad SMARTS) is 1. The van der Waals surface area contributed by atoms with E-state index in [4.69, 9.17) is 9.47 Å². The predicted molar refractivity (Wildman–Crippen MR) is 169 cm³/mol. The number of amides is 4. The summed E-state index contributed by atoms with van der Waals surface area (Å²) < 4.78 is 14.8. The second-order valence-corrected chi connectivity index (χ2v) is 12.9. The van der Waals surface area contributed by atoms with E-state index >= 15 is 0 Å². The molecule has 48 heavy (non-hydrogen) atoms. The Morgan fingerprint density at radius 2 is 1.58 bits per heavy atom. The van der Waals surface area contributed by atoms with Gasteiger partial charge in [0.2, 0.25) is 23.2 Å². The summed E-state index contributed by atoms with van der Waals surface area (Å²) in [4.78, 5) is 84.5. The lowest BCUT2D eigenvalue weighted by molar-refractivity contribution is -0.383. The molecule has 1 heterocycles. The van der Waals surface area contributed by atoms with Gasteiger partial charge in [0, 0.05) is 18.2 Å². The Morgan fingerprint density at radius 1 is 0.938 bits per heavy atom. The number of nitrogens with one attached hydrogen (secondary N) is 5. The number of nitrogens with zero attached hydrogens (tertiary/aromatic N) is 3. The number of hydrogen-bond acceptors (Lipinski definition) is 15. The molecule has 0 aliphatic rings. The maximum Gasteiger partial charge on any atom is 0.408 e. The Hall–Kier alpha value is -5.21. The fourth-order valence-electron chi connectivity index (χ4n) is 3.60. The summed E-state index contributed by atoms with van der Waals surface area (Å²) in [6.07, 6.45) is -1.78. The minimum absolute atomic E-state index is 0.0584. The van der Waals surface area contributed by atoms with Gasteiger partial charge in [0.15, 0.2) is 5.52 Å². The van der Waals surface area contributed by atoms with Crippen molar-refractivity contribution in [3.63, 3.8) is 0 Å². The molecule has 1 aromatic heterocycles. The molecule has 2 unspecified atom stereocenters. The van der Waals surface area contributed by atoms with Crippen molar-refractivity contribution < 1.29 is 52.9 Å². The van der Waals surface area contributed by atoms with Crippen LogP contribution in [0.2, 0.25) is 0 Å². The molecule has 0 saturated carbocycles. The molecule has 0 fully saturated rings. The van der Waals surface area contributed by atoms with Crippen LogP contribution in [0.25, 0.3) is 11.0 Å². The minimum Gasteiger partial charge on any atom is -0.480 e. The van der Waals surface area contributed by atoms with Gasteiger partial charge in [-0.25, -0.2) is 19.0 Å². The first-order valence-corrected chi connectivity index (χ1v) is 15.3. The molecule has 1 aromatic carbocycles. The lowest BCUT2D eigenvalue weighted by Crippen LogP contribution is -2.51. The van der Waals surface area contributed by atoms with Crippen LogP contribution in [0.4, 0.5) is 21.0 Å². The lowest BCUT2D eigenvalue weighted by atomic mass is 10.1. The van der Waals surface area contributed by atoms with Crippen LogP contribution in [0, 0.1) is 10.1 Å². The average Bonchev–Trinajstić information content (AvgIpc) is 3.44. The molecular formula is C27H38N8O12S. The number of rotatable bonds is 15. The molecule has 21 heteroatoms. The van der Waals surface area contributed by atoms with Gasteiger partial charge in [-0.1, -0.05) is 0 Å². The fourth-order valence-corrected chi connectivity index (χ4v) is 4.44. The summed E-state index contributed by atoms with van der Waals surface area (Å²) >= 11 is 0.599. The summed E-state index contributed by atoms with van der Waals surface area (Å²) in [7, 11) is 0. The van der Waals surface area contributed by atoms with Gasteiger partial charge >= 0.3 is 23.1 Å². The molecule has 0 spiro atoms. The molecule has 0 saturated heterocycles. The van der Waals surface area contributed by atoms with E-state index in [-0.39, 0.29) is 41.3 Å². The molecular weight excluding hydrogens is 660 g/mol. The van der Waals surface area contributed by atoms with Crippen molar-refractivity contribution >= 4 is 69.3 Å². The van der Waals surface area contributed by atoms with Gasteiger partial charge < -0.3 is 41.2 Å². The van der Waals surface area contributed by atoms with Crippen molar-refractivity contribution in [3.8, 4) is 0 Å². The van der Waals surface area contributed by atoms with Crippen LogP contribution in [0.15, 0.2) is 16.8 Å². The number of fused-ring (bicyclic) bond motifs is 1. The highest BCUT2D eigenvalue weighted by molar-refractivity contribution is 8.13. The first-order chi connectivity index (χ1) is 22.3. The van der Waals surface area contributed by atoms with Crippen LogP contribution in [0.3, 0.4) is 0 Å². The third-order valence-corrected chi connectivity index (χ3v) is 6.46. The summed E-state index contributed by atoms with van der Waals surface area (Å²) in [5, 5.41) is 39.2. The van der Waals surface area contributed by atoms with Crippen LogP contribution >= 0.6 is 11.8 Å². The van der Waals surface area contributed by atoms with Gasteiger partial charge in [0.05, 0.1) is 23.8 Å². The maximum absolute atomic E-state index is 13.0. The first kappa shape index (κ1) is 39.0. The number of anilines is 1. The number of aromatic nitrogens is 2. The number of carbonyl (C=O) groups excluding carboxylic acids is 5. The molecule has 0 bridgehead atoms. The zero-order valence-corrected chi connectivity index (χ0v) is 27.8. The van der Waals surface area contributed by atoms with E-state index in [2.05, 4.69) is 41.5 Å². The highest BCUT2D eigenvalue weighted by Gasteiger charge is 2.28. The van der Waals surface area contributed by atoms with E-state index in [9.17, 15) is 44.0 Å². The zero-order valence-electron chi connectivity index (χ0n) is 27.0. The number of aliphatic carboxylic acids is 1. The number of benzene rings is 1. The number of carboxylic acids is 1. The summed E-state index contributed by atoms with van der Waals surface area (Å²) in [5.74, 6) is -4.00. The van der Waals surface area contributed by atoms with E-state index in [1.54, 1.807) is 41.5 Å². The minimum atomic E-state index is -1.48. The second kappa shape index (κ2) is 17.1. The number of nitro groups is 1. The van der Waals surface area contributed by atoms with E-state index in [1.807, 2.05) is 0 Å². The number of nitro benzene ring substituents is 1. The first-order valence-electron chi connectivity index (χ1n) is 14.3. The molecule has 2 rings (SSSR count). The van der Waals surface area contributed by atoms with Gasteiger partial charge in [-0.2, -0.15) is 0 Å². The van der Waals surface area contributed by atoms with E-state index < -0.39 is 76.3 Å². The molecule has 4 amide bonds. The number of thioether (sulfide) groups is 1. The van der Waals surface area contributed by atoms with Crippen molar-refractivity contribution in [2.24, 2.45) is 0 Å². The average molecular weight is 699 g/mol. The Bertz CT molecular complexity index is 1520. The smallest absolute Gasteiger partial charge is 0.408 e. The van der Waals surface area contributed by atoms with Gasteiger partial charge in [-0.15, -0.1) is 0 Å². The van der Waals surface area contributed by atoms with Crippen LogP contribution in [-0.2, 0) is 28.7 Å². The molecule has 0 radical (unpaired) electrons. The Labute approximate surface area is 277 Å². The third-order valence-electron chi connectivity index (χ3n) is 5.64. The molecule has 2 aromatic rings. The summed E-state index contributed by atoms with van der Waals surface area (Å²) in [5.41, 5.74) is -1.81. The van der Waals surface area contributed by atoms with E-state index in [0.717, 1.165) is 0 Å². The molecule has 2 atom stereocenters. The largest absolute Gasteiger partial charge is 0.480 e. The highest BCUT2D eigenvalue weighted by atomic mass is 32.2. The Balaban J connectivity index is 1.97. The van der Waals surface area contributed by atoms with Gasteiger partial charge in [-0.3, -0.25) is 24.5 Å². The number of hydrogen-bond donors (Lipinski definition) is 6.